The van der Waals surface area contributed by atoms with Crippen LogP contribution in [0, 0.1) is 13.8 Å². The van der Waals surface area contributed by atoms with Gasteiger partial charge < -0.3 is 10.2 Å². The average Bonchev–Trinajstić information content (AvgIpc) is 2.86. The van der Waals surface area contributed by atoms with E-state index in [1.54, 1.807) is 24.3 Å². The van der Waals surface area contributed by atoms with Gasteiger partial charge in [-0.25, -0.2) is 8.42 Å². The van der Waals surface area contributed by atoms with E-state index in [-0.39, 0.29) is 12.5 Å². The van der Waals surface area contributed by atoms with Crippen molar-refractivity contribution in [3.05, 3.63) is 101 Å². The molecular formula is C28H33N3O4S. The molecule has 3 aromatic carbocycles. The molecule has 1 unspecified atom stereocenters. The molecule has 1 N–H and O–H groups in total. The second kappa shape index (κ2) is 11.9. The molecule has 8 heteroatoms. The van der Waals surface area contributed by atoms with Crippen LogP contribution in [0.2, 0.25) is 0 Å². The molecule has 190 valence electrons. The van der Waals surface area contributed by atoms with E-state index in [0.29, 0.717) is 12.1 Å². The van der Waals surface area contributed by atoms with Crippen LogP contribution in [0.3, 0.4) is 0 Å². The first-order valence-electron chi connectivity index (χ1n) is 11.7. The van der Waals surface area contributed by atoms with Crippen LogP contribution in [-0.4, -0.2) is 51.0 Å². The Morgan fingerprint density at radius 3 is 1.92 bits per heavy atom. The molecule has 0 spiro atoms. The van der Waals surface area contributed by atoms with E-state index in [2.05, 4.69) is 5.32 Å². The van der Waals surface area contributed by atoms with E-state index in [9.17, 15) is 18.0 Å². The topological polar surface area (TPSA) is 86.8 Å². The Morgan fingerprint density at radius 2 is 1.39 bits per heavy atom. The molecule has 1 atom stereocenters. The first kappa shape index (κ1) is 26.9. The second-order valence-corrected chi connectivity index (χ2v) is 10.8. The van der Waals surface area contributed by atoms with Gasteiger partial charge in [-0.15, -0.1) is 0 Å². The number of aryl methyl sites for hydroxylation is 2. The number of carbonyl (C=O) groups is 2. The molecule has 2 amide bonds. The molecule has 0 aliphatic carbocycles. The zero-order valence-corrected chi connectivity index (χ0v) is 22.0. The van der Waals surface area contributed by atoms with E-state index < -0.39 is 28.5 Å². The van der Waals surface area contributed by atoms with Crippen LogP contribution in [0.5, 0.6) is 0 Å². The number of hydrogen-bond acceptors (Lipinski definition) is 4. The molecule has 0 radical (unpaired) electrons. The van der Waals surface area contributed by atoms with Crippen molar-refractivity contribution in [3.63, 3.8) is 0 Å². The number of likely N-dealkylation sites (N-methyl/N-ethyl adjacent to an activating group) is 1. The van der Waals surface area contributed by atoms with Gasteiger partial charge in [0.05, 0.1) is 11.9 Å². The van der Waals surface area contributed by atoms with Crippen LogP contribution in [0.4, 0.5) is 5.69 Å². The van der Waals surface area contributed by atoms with Gasteiger partial charge >= 0.3 is 0 Å². The molecule has 0 heterocycles. The molecular weight excluding hydrogens is 474 g/mol. The van der Waals surface area contributed by atoms with Gasteiger partial charge in [-0.05, 0) is 37.1 Å². The standard InChI is InChI=1S/C28H33N3O4S/c1-21-10-14-24(15-11-21)19-30(26(28(33)29-3)18-23-8-6-5-7-9-23)27(32)20-31(36(4,34)35)25-16-12-22(2)13-17-25/h5-17,26H,18-20H2,1-4H3,(H,29,33). The fraction of sp³-hybridized carbons (Fsp3) is 0.286. The zero-order valence-electron chi connectivity index (χ0n) is 21.1. The predicted molar refractivity (Wildman–Crippen MR) is 143 cm³/mol. The minimum absolute atomic E-state index is 0.162. The summed E-state index contributed by atoms with van der Waals surface area (Å²) in [7, 11) is -2.23. The SMILES string of the molecule is CNC(=O)C(Cc1ccccc1)N(Cc1ccc(C)cc1)C(=O)CN(c1ccc(C)cc1)S(C)(=O)=O. The summed E-state index contributed by atoms with van der Waals surface area (Å²) in [5.74, 6) is -0.785. The van der Waals surface area contributed by atoms with E-state index in [4.69, 9.17) is 0 Å². The Balaban J connectivity index is 2.00. The summed E-state index contributed by atoms with van der Waals surface area (Å²) in [6.07, 6.45) is 1.37. The number of carbonyl (C=O) groups excluding carboxylic acids is 2. The second-order valence-electron chi connectivity index (χ2n) is 8.93. The van der Waals surface area contributed by atoms with Crippen molar-refractivity contribution in [2.24, 2.45) is 0 Å². The van der Waals surface area contributed by atoms with Crippen LogP contribution >= 0.6 is 0 Å². The third-order valence-electron chi connectivity index (χ3n) is 5.99. The summed E-state index contributed by atoms with van der Waals surface area (Å²) >= 11 is 0. The summed E-state index contributed by atoms with van der Waals surface area (Å²) in [4.78, 5) is 28.3. The molecule has 0 aromatic heterocycles. The maximum absolute atomic E-state index is 13.8. The van der Waals surface area contributed by atoms with Crippen molar-refractivity contribution in [2.75, 3.05) is 24.2 Å². The minimum Gasteiger partial charge on any atom is -0.357 e. The van der Waals surface area contributed by atoms with Crippen molar-refractivity contribution >= 4 is 27.5 Å². The number of hydrogen-bond donors (Lipinski definition) is 1. The first-order valence-corrected chi connectivity index (χ1v) is 13.6. The monoisotopic (exact) mass is 507 g/mol. The zero-order chi connectivity index (χ0) is 26.3. The average molecular weight is 508 g/mol. The van der Waals surface area contributed by atoms with Gasteiger partial charge in [0.25, 0.3) is 0 Å². The molecule has 3 rings (SSSR count). The van der Waals surface area contributed by atoms with E-state index >= 15 is 0 Å². The third kappa shape index (κ3) is 7.18. The van der Waals surface area contributed by atoms with Crippen LogP contribution < -0.4 is 9.62 Å². The molecule has 0 bridgehead atoms. The summed E-state index contributed by atoms with van der Waals surface area (Å²) in [6.45, 7) is 3.62. The number of amides is 2. The van der Waals surface area contributed by atoms with Gasteiger partial charge in [0.2, 0.25) is 21.8 Å². The molecule has 0 saturated carbocycles. The summed E-state index contributed by atoms with van der Waals surface area (Å²) in [5, 5.41) is 2.67. The molecule has 3 aromatic rings. The highest BCUT2D eigenvalue weighted by Crippen LogP contribution is 2.21. The minimum atomic E-state index is -3.76. The largest absolute Gasteiger partial charge is 0.357 e. The van der Waals surface area contributed by atoms with Gasteiger partial charge in [-0.1, -0.05) is 77.9 Å². The lowest BCUT2D eigenvalue weighted by molar-refractivity contribution is -0.139. The number of rotatable bonds is 10. The third-order valence-corrected chi connectivity index (χ3v) is 7.13. The fourth-order valence-electron chi connectivity index (χ4n) is 3.94. The Morgan fingerprint density at radius 1 is 0.833 bits per heavy atom. The number of benzene rings is 3. The normalized spacial score (nSPS) is 12.0. The number of nitrogens with zero attached hydrogens (tertiary/aromatic N) is 2. The predicted octanol–water partition coefficient (Wildman–Crippen LogP) is 3.46. The van der Waals surface area contributed by atoms with Crippen LogP contribution in [0.15, 0.2) is 78.9 Å². The summed E-state index contributed by atoms with van der Waals surface area (Å²) < 4.78 is 26.5. The van der Waals surface area contributed by atoms with Gasteiger partial charge in [0.15, 0.2) is 0 Å². The highest BCUT2D eigenvalue weighted by atomic mass is 32.2. The van der Waals surface area contributed by atoms with E-state index in [0.717, 1.165) is 32.8 Å². The summed E-state index contributed by atoms with van der Waals surface area (Å²) in [6, 6.07) is 23.3. The number of nitrogens with one attached hydrogen (secondary N) is 1. The van der Waals surface area contributed by atoms with E-state index in [1.807, 2.05) is 68.4 Å². The van der Waals surface area contributed by atoms with Gasteiger partial charge in [0, 0.05) is 20.0 Å². The van der Waals surface area contributed by atoms with Crippen molar-refractivity contribution < 1.29 is 18.0 Å². The van der Waals surface area contributed by atoms with Crippen molar-refractivity contribution in [1.82, 2.24) is 10.2 Å². The van der Waals surface area contributed by atoms with Crippen molar-refractivity contribution in [1.29, 1.82) is 0 Å². The van der Waals surface area contributed by atoms with Crippen molar-refractivity contribution in [2.45, 2.75) is 32.9 Å². The lowest BCUT2D eigenvalue weighted by atomic mass is 10.0. The van der Waals surface area contributed by atoms with Crippen LogP contribution in [0.25, 0.3) is 0 Å². The van der Waals surface area contributed by atoms with Gasteiger partial charge in [0.1, 0.15) is 12.6 Å². The Kier molecular flexibility index (Phi) is 8.88. The molecule has 0 aliphatic heterocycles. The lowest BCUT2D eigenvalue weighted by Crippen LogP contribution is -2.52. The van der Waals surface area contributed by atoms with Gasteiger partial charge in [-0.3, -0.25) is 13.9 Å². The molecule has 0 fully saturated rings. The Hall–Kier alpha value is -3.65. The molecule has 7 nitrogen and oxygen atoms in total. The molecule has 0 aliphatic rings. The smallest absolute Gasteiger partial charge is 0.244 e. The highest BCUT2D eigenvalue weighted by Gasteiger charge is 2.32. The number of anilines is 1. The maximum Gasteiger partial charge on any atom is 0.244 e. The lowest BCUT2D eigenvalue weighted by Gasteiger charge is -2.33. The molecule has 0 saturated heterocycles. The number of sulfonamides is 1. The van der Waals surface area contributed by atoms with Crippen molar-refractivity contribution in [3.8, 4) is 0 Å². The highest BCUT2D eigenvalue weighted by molar-refractivity contribution is 7.92. The summed E-state index contributed by atoms with van der Waals surface area (Å²) in [5.41, 5.74) is 4.18. The Labute approximate surface area is 213 Å². The molecule has 36 heavy (non-hydrogen) atoms. The van der Waals surface area contributed by atoms with Gasteiger partial charge in [-0.2, -0.15) is 0 Å². The Bertz CT molecular complexity index is 1270. The fourth-order valence-corrected chi connectivity index (χ4v) is 4.79. The quantitative estimate of drug-likeness (QED) is 0.455. The maximum atomic E-state index is 13.8. The van der Waals surface area contributed by atoms with Crippen LogP contribution in [0.1, 0.15) is 22.3 Å². The first-order chi connectivity index (χ1) is 17.1. The van der Waals surface area contributed by atoms with E-state index in [1.165, 1.54) is 11.9 Å². The van der Waals surface area contributed by atoms with Crippen LogP contribution in [-0.2, 0) is 32.6 Å².